The van der Waals surface area contributed by atoms with Crippen LogP contribution in [-0.2, 0) is 9.59 Å². The normalized spacial score (nSPS) is 29.8. The Morgan fingerprint density at radius 1 is 1.30 bits per heavy atom. The first-order valence-electron chi connectivity index (χ1n) is 7.46. The molecule has 0 radical (unpaired) electrons. The second-order valence-electron chi connectivity index (χ2n) is 6.16. The van der Waals surface area contributed by atoms with Gasteiger partial charge in [-0.2, -0.15) is 0 Å². The predicted molar refractivity (Wildman–Crippen MR) is 71.8 cm³/mol. The maximum Gasteiger partial charge on any atom is 0.330 e. The number of rotatable bonds is 3. The highest BCUT2D eigenvalue weighted by Gasteiger charge is 2.57. The van der Waals surface area contributed by atoms with E-state index < -0.39 is 17.4 Å². The summed E-state index contributed by atoms with van der Waals surface area (Å²) in [7, 11) is 0. The molecule has 1 atom stereocenters. The number of carbonyl (C=O) groups is 3. The first-order chi connectivity index (χ1) is 9.56. The first-order valence-corrected chi connectivity index (χ1v) is 7.46. The summed E-state index contributed by atoms with van der Waals surface area (Å²) in [6.45, 7) is 5.50. The SMILES string of the molecule is CCN1CCC(CN2C(=O)NC(=O)C3(CCC3)C2=O)C1. The molecule has 1 unspecified atom stereocenters. The van der Waals surface area contributed by atoms with E-state index in [2.05, 4.69) is 17.1 Å². The average Bonchev–Trinajstić information content (AvgIpc) is 2.80. The summed E-state index contributed by atoms with van der Waals surface area (Å²) < 4.78 is 0. The number of urea groups is 1. The van der Waals surface area contributed by atoms with Crippen LogP contribution in [0.5, 0.6) is 0 Å². The molecule has 3 fully saturated rings. The molecule has 2 heterocycles. The standard InChI is InChI=1S/C14H21N3O3/c1-2-16-7-4-10(8-16)9-17-12(19)14(5-3-6-14)11(18)15-13(17)20/h10H,2-9H2,1H3,(H,15,18,20). The molecule has 0 aromatic carbocycles. The molecule has 0 aromatic rings. The van der Waals surface area contributed by atoms with E-state index in [9.17, 15) is 14.4 Å². The van der Waals surface area contributed by atoms with Crippen LogP contribution in [0.3, 0.4) is 0 Å². The lowest BCUT2D eigenvalue weighted by atomic mass is 9.66. The van der Waals surface area contributed by atoms with Gasteiger partial charge in [-0.1, -0.05) is 13.3 Å². The van der Waals surface area contributed by atoms with Gasteiger partial charge in [0.2, 0.25) is 11.8 Å². The van der Waals surface area contributed by atoms with Crippen LogP contribution in [-0.4, -0.2) is 53.8 Å². The number of nitrogens with one attached hydrogen (secondary N) is 1. The van der Waals surface area contributed by atoms with Gasteiger partial charge in [-0.3, -0.25) is 19.8 Å². The van der Waals surface area contributed by atoms with Crippen molar-refractivity contribution in [1.82, 2.24) is 15.1 Å². The molecule has 20 heavy (non-hydrogen) atoms. The number of hydrogen-bond donors (Lipinski definition) is 1. The summed E-state index contributed by atoms with van der Waals surface area (Å²) in [6.07, 6.45) is 3.04. The highest BCUT2D eigenvalue weighted by atomic mass is 16.2. The Kier molecular flexibility index (Phi) is 3.28. The second-order valence-corrected chi connectivity index (χ2v) is 6.16. The maximum absolute atomic E-state index is 12.5. The van der Waals surface area contributed by atoms with E-state index in [-0.39, 0.29) is 5.91 Å². The van der Waals surface area contributed by atoms with Gasteiger partial charge in [0, 0.05) is 13.1 Å². The van der Waals surface area contributed by atoms with Crippen molar-refractivity contribution >= 4 is 17.8 Å². The number of imide groups is 2. The molecule has 110 valence electrons. The largest absolute Gasteiger partial charge is 0.330 e. The third kappa shape index (κ3) is 1.93. The highest BCUT2D eigenvalue weighted by Crippen LogP contribution is 2.44. The van der Waals surface area contributed by atoms with E-state index in [1.807, 2.05) is 0 Å². The lowest BCUT2D eigenvalue weighted by molar-refractivity contribution is -0.158. The summed E-state index contributed by atoms with van der Waals surface area (Å²) >= 11 is 0. The Morgan fingerprint density at radius 3 is 2.60 bits per heavy atom. The van der Waals surface area contributed by atoms with Crippen LogP contribution in [0.15, 0.2) is 0 Å². The summed E-state index contributed by atoms with van der Waals surface area (Å²) in [5.41, 5.74) is -0.934. The molecule has 2 aliphatic heterocycles. The van der Waals surface area contributed by atoms with E-state index in [1.54, 1.807) is 0 Å². The highest BCUT2D eigenvalue weighted by molar-refractivity contribution is 6.19. The Balaban J connectivity index is 1.70. The van der Waals surface area contributed by atoms with Crippen LogP contribution >= 0.6 is 0 Å². The molecule has 0 bridgehead atoms. The second kappa shape index (κ2) is 4.84. The van der Waals surface area contributed by atoms with Crippen molar-refractivity contribution in [3.63, 3.8) is 0 Å². The lowest BCUT2D eigenvalue weighted by Crippen LogP contribution is -2.66. The fraction of sp³-hybridized carbons (Fsp3) is 0.786. The molecule has 3 aliphatic rings. The van der Waals surface area contributed by atoms with Crippen molar-refractivity contribution < 1.29 is 14.4 Å². The summed E-state index contributed by atoms with van der Waals surface area (Å²) in [5.74, 6) is -0.334. The fourth-order valence-corrected chi connectivity index (χ4v) is 3.48. The van der Waals surface area contributed by atoms with Gasteiger partial charge in [-0.25, -0.2) is 4.79 Å². The number of carbonyl (C=O) groups excluding carboxylic acids is 3. The van der Waals surface area contributed by atoms with Crippen LogP contribution in [0.25, 0.3) is 0 Å². The molecule has 2 saturated heterocycles. The van der Waals surface area contributed by atoms with E-state index in [0.717, 1.165) is 32.5 Å². The third-order valence-corrected chi connectivity index (χ3v) is 5.02. The van der Waals surface area contributed by atoms with E-state index in [1.165, 1.54) is 4.90 Å². The zero-order valence-electron chi connectivity index (χ0n) is 11.9. The van der Waals surface area contributed by atoms with E-state index in [4.69, 9.17) is 0 Å². The maximum atomic E-state index is 12.5. The van der Waals surface area contributed by atoms with Crippen LogP contribution in [0.4, 0.5) is 4.79 Å². The van der Waals surface area contributed by atoms with Gasteiger partial charge in [-0.15, -0.1) is 0 Å². The van der Waals surface area contributed by atoms with Gasteiger partial charge in [-0.05, 0) is 38.3 Å². The van der Waals surface area contributed by atoms with Crippen LogP contribution < -0.4 is 5.32 Å². The molecule has 1 spiro atoms. The minimum Gasteiger partial charge on any atom is -0.303 e. The smallest absolute Gasteiger partial charge is 0.303 e. The van der Waals surface area contributed by atoms with Crippen molar-refractivity contribution in [1.29, 1.82) is 0 Å². The minimum atomic E-state index is -0.934. The van der Waals surface area contributed by atoms with Crippen LogP contribution in [0.1, 0.15) is 32.6 Å². The summed E-state index contributed by atoms with van der Waals surface area (Å²) in [4.78, 5) is 40.0. The van der Waals surface area contributed by atoms with Crippen molar-refractivity contribution in [3.05, 3.63) is 0 Å². The zero-order chi connectivity index (χ0) is 14.3. The number of hydrogen-bond acceptors (Lipinski definition) is 4. The Morgan fingerprint density at radius 2 is 2.05 bits per heavy atom. The minimum absolute atomic E-state index is 0.271. The molecule has 1 N–H and O–H groups in total. The molecule has 6 heteroatoms. The molecular formula is C14H21N3O3. The van der Waals surface area contributed by atoms with E-state index >= 15 is 0 Å². The zero-order valence-corrected chi connectivity index (χ0v) is 11.9. The van der Waals surface area contributed by atoms with Crippen LogP contribution in [0, 0.1) is 11.3 Å². The summed E-state index contributed by atoms with van der Waals surface area (Å²) in [6, 6.07) is -0.535. The lowest BCUT2D eigenvalue weighted by Gasteiger charge is -2.45. The van der Waals surface area contributed by atoms with Crippen molar-refractivity contribution in [2.45, 2.75) is 32.6 Å². The molecule has 0 aromatic heterocycles. The number of nitrogens with zero attached hydrogens (tertiary/aromatic N) is 2. The Labute approximate surface area is 118 Å². The van der Waals surface area contributed by atoms with Gasteiger partial charge in [0.25, 0.3) is 0 Å². The molecule has 4 amide bonds. The fourth-order valence-electron chi connectivity index (χ4n) is 3.48. The Bertz CT molecular complexity index is 459. The van der Waals surface area contributed by atoms with Gasteiger partial charge >= 0.3 is 6.03 Å². The van der Waals surface area contributed by atoms with E-state index in [0.29, 0.717) is 25.3 Å². The van der Waals surface area contributed by atoms with Crippen molar-refractivity contribution in [3.8, 4) is 0 Å². The van der Waals surface area contributed by atoms with Crippen LogP contribution in [0.2, 0.25) is 0 Å². The third-order valence-electron chi connectivity index (χ3n) is 5.02. The summed E-state index contributed by atoms with van der Waals surface area (Å²) in [5, 5.41) is 2.37. The van der Waals surface area contributed by atoms with Gasteiger partial charge < -0.3 is 4.90 Å². The van der Waals surface area contributed by atoms with Gasteiger partial charge in [0.05, 0.1) is 0 Å². The predicted octanol–water partition coefficient (Wildman–Crippen LogP) is 0.577. The number of barbiturate groups is 1. The number of amides is 4. The Hall–Kier alpha value is -1.43. The van der Waals surface area contributed by atoms with Gasteiger partial charge in [0.15, 0.2) is 0 Å². The van der Waals surface area contributed by atoms with Gasteiger partial charge in [0.1, 0.15) is 5.41 Å². The molecule has 3 rings (SSSR count). The molecular weight excluding hydrogens is 258 g/mol. The number of likely N-dealkylation sites (tertiary alicyclic amines) is 1. The average molecular weight is 279 g/mol. The molecule has 1 saturated carbocycles. The first kappa shape index (κ1) is 13.5. The monoisotopic (exact) mass is 279 g/mol. The molecule has 6 nitrogen and oxygen atoms in total. The quantitative estimate of drug-likeness (QED) is 0.767. The van der Waals surface area contributed by atoms with Crippen molar-refractivity contribution in [2.24, 2.45) is 11.3 Å². The topological polar surface area (TPSA) is 69.7 Å². The molecule has 1 aliphatic carbocycles. The van der Waals surface area contributed by atoms with Crippen molar-refractivity contribution in [2.75, 3.05) is 26.2 Å².